The van der Waals surface area contributed by atoms with Gasteiger partial charge >= 0.3 is 0 Å². The number of likely N-dealkylation sites (tertiary alicyclic amines) is 1. The molecule has 0 spiro atoms. The quantitative estimate of drug-likeness (QED) is 0.693. The van der Waals surface area contributed by atoms with E-state index in [1.807, 2.05) is 30.3 Å². The molecule has 2 aromatic carbocycles. The van der Waals surface area contributed by atoms with Crippen LogP contribution in [-0.4, -0.2) is 42.1 Å². The van der Waals surface area contributed by atoms with Crippen molar-refractivity contribution < 1.29 is 14.4 Å². The Hall–Kier alpha value is -2.47. The van der Waals surface area contributed by atoms with E-state index in [1.165, 1.54) is 0 Å². The van der Waals surface area contributed by atoms with Crippen LogP contribution in [0.2, 0.25) is 0 Å². The first-order valence-corrected chi connectivity index (χ1v) is 10.2. The highest BCUT2D eigenvalue weighted by Crippen LogP contribution is 2.22. The Balaban J connectivity index is 1.41. The minimum absolute atomic E-state index is 0.0155. The lowest BCUT2D eigenvalue weighted by molar-refractivity contribution is -0.132. The average Bonchev–Trinajstić information content (AvgIpc) is 2.74. The lowest BCUT2D eigenvalue weighted by atomic mass is 9.89. The number of carbonyl (C=O) groups excluding carboxylic acids is 3. The molecule has 0 aromatic heterocycles. The topological polar surface area (TPSA) is 66.5 Å². The summed E-state index contributed by atoms with van der Waals surface area (Å²) >= 11 is 3.33. The van der Waals surface area contributed by atoms with Crippen LogP contribution in [0.25, 0.3) is 0 Å². The van der Waals surface area contributed by atoms with Gasteiger partial charge in [-0.1, -0.05) is 46.3 Å². The van der Waals surface area contributed by atoms with Crippen LogP contribution in [0, 0.1) is 5.92 Å². The van der Waals surface area contributed by atoms with Gasteiger partial charge in [0.05, 0.1) is 0 Å². The molecule has 1 aliphatic rings. The Kier molecular flexibility index (Phi) is 6.98. The molecule has 0 radical (unpaired) electrons. The van der Waals surface area contributed by atoms with Gasteiger partial charge < -0.3 is 10.2 Å². The predicted octanol–water partition coefficient (Wildman–Crippen LogP) is 3.69. The van der Waals surface area contributed by atoms with Crippen molar-refractivity contribution in [3.8, 4) is 0 Å². The van der Waals surface area contributed by atoms with Gasteiger partial charge in [0.2, 0.25) is 5.91 Å². The van der Waals surface area contributed by atoms with E-state index in [4.69, 9.17) is 0 Å². The molecular weight excluding hydrogens is 420 g/mol. The fourth-order valence-corrected chi connectivity index (χ4v) is 3.64. The number of amides is 2. The molecule has 1 aliphatic heterocycles. The van der Waals surface area contributed by atoms with Crippen LogP contribution in [0.4, 0.5) is 0 Å². The number of hydrogen-bond donors (Lipinski definition) is 1. The third-order valence-corrected chi connectivity index (χ3v) is 5.54. The fourth-order valence-electron chi connectivity index (χ4n) is 3.37. The van der Waals surface area contributed by atoms with Gasteiger partial charge in [0.15, 0.2) is 5.78 Å². The summed E-state index contributed by atoms with van der Waals surface area (Å²) in [5.41, 5.74) is 1.30. The second-order valence-electron chi connectivity index (χ2n) is 6.90. The van der Waals surface area contributed by atoms with E-state index in [1.54, 1.807) is 29.2 Å². The summed E-state index contributed by atoms with van der Waals surface area (Å²) < 4.78 is 0.911. The van der Waals surface area contributed by atoms with Crippen molar-refractivity contribution in [1.29, 1.82) is 0 Å². The third kappa shape index (κ3) is 5.29. The highest BCUT2D eigenvalue weighted by molar-refractivity contribution is 9.10. The van der Waals surface area contributed by atoms with Crippen molar-refractivity contribution in [3.05, 3.63) is 70.2 Å². The van der Waals surface area contributed by atoms with Gasteiger partial charge in [-0.3, -0.25) is 14.4 Å². The lowest BCUT2D eigenvalue weighted by Gasteiger charge is -2.31. The summed E-state index contributed by atoms with van der Waals surface area (Å²) in [5, 5.41) is 2.78. The summed E-state index contributed by atoms with van der Waals surface area (Å²) in [5.74, 6) is -0.0350. The molecule has 1 N–H and O–H groups in total. The van der Waals surface area contributed by atoms with Gasteiger partial charge in [-0.05, 0) is 37.1 Å². The van der Waals surface area contributed by atoms with Crippen molar-refractivity contribution in [3.63, 3.8) is 0 Å². The first-order chi connectivity index (χ1) is 13.5. The summed E-state index contributed by atoms with van der Waals surface area (Å²) in [4.78, 5) is 38.8. The predicted molar refractivity (Wildman–Crippen MR) is 111 cm³/mol. The number of halogens is 1. The molecule has 3 rings (SSSR count). The molecular formula is C22H23BrN2O3. The van der Waals surface area contributed by atoms with E-state index in [0.717, 1.165) is 10.0 Å². The largest absolute Gasteiger partial charge is 0.352 e. The number of nitrogens with zero attached hydrogens (tertiary/aromatic N) is 1. The van der Waals surface area contributed by atoms with Crippen LogP contribution in [0.1, 0.15) is 40.0 Å². The molecule has 6 heteroatoms. The molecule has 28 heavy (non-hydrogen) atoms. The average molecular weight is 443 g/mol. The summed E-state index contributed by atoms with van der Waals surface area (Å²) in [6.07, 6.45) is 1.63. The highest BCUT2D eigenvalue weighted by atomic mass is 79.9. The van der Waals surface area contributed by atoms with Gasteiger partial charge in [0.1, 0.15) is 0 Å². The fraction of sp³-hybridized carbons (Fsp3) is 0.318. The second-order valence-corrected chi connectivity index (χ2v) is 7.81. The zero-order chi connectivity index (χ0) is 19.9. The molecule has 1 heterocycles. The molecule has 0 unspecified atom stereocenters. The zero-order valence-corrected chi connectivity index (χ0v) is 17.2. The second kappa shape index (κ2) is 9.64. The Morgan fingerprint density at radius 3 is 2.21 bits per heavy atom. The molecule has 0 aliphatic carbocycles. The maximum Gasteiger partial charge on any atom is 0.251 e. The lowest BCUT2D eigenvalue weighted by Crippen LogP contribution is -2.41. The summed E-state index contributed by atoms with van der Waals surface area (Å²) in [6, 6.07) is 16.4. The Labute approximate surface area is 173 Å². The Morgan fingerprint density at radius 1 is 0.929 bits per heavy atom. The van der Waals surface area contributed by atoms with E-state index in [9.17, 15) is 14.4 Å². The number of nitrogens with one attached hydrogen (secondary N) is 1. The van der Waals surface area contributed by atoms with Crippen LogP contribution in [0.5, 0.6) is 0 Å². The normalized spacial score (nSPS) is 14.5. The standard InChI is InChI=1S/C22H23BrN2O3/c23-19-8-6-18(7-9-19)22(28)24-13-10-20(26)25-14-11-17(12-15-25)21(27)16-4-2-1-3-5-16/h1-9,17H,10-15H2,(H,24,28). The smallest absolute Gasteiger partial charge is 0.251 e. The molecule has 1 fully saturated rings. The van der Waals surface area contributed by atoms with E-state index >= 15 is 0 Å². The van der Waals surface area contributed by atoms with Crippen molar-refractivity contribution >= 4 is 33.5 Å². The number of hydrogen-bond acceptors (Lipinski definition) is 3. The molecule has 1 saturated heterocycles. The first kappa shape index (κ1) is 20.3. The van der Waals surface area contributed by atoms with Crippen molar-refractivity contribution in [2.24, 2.45) is 5.92 Å². The van der Waals surface area contributed by atoms with Crippen molar-refractivity contribution in [2.75, 3.05) is 19.6 Å². The monoisotopic (exact) mass is 442 g/mol. The molecule has 0 atom stereocenters. The molecule has 2 amide bonds. The van der Waals surface area contributed by atoms with Gasteiger partial charge in [-0.25, -0.2) is 0 Å². The summed E-state index contributed by atoms with van der Waals surface area (Å²) in [7, 11) is 0. The molecule has 0 bridgehead atoms. The van der Waals surface area contributed by atoms with E-state index in [0.29, 0.717) is 38.0 Å². The maximum absolute atomic E-state index is 12.5. The zero-order valence-electron chi connectivity index (χ0n) is 15.6. The van der Waals surface area contributed by atoms with Gasteiger partial charge in [-0.15, -0.1) is 0 Å². The number of ketones is 1. The van der Waals surface area contributed by atoms with Gasteiger partial charge in [0, 0.05) is 47.6 Å². The minimum Gasteiger partial charge on any atom is -0.352 e. The Morgan fingerprint density at radius 2 is 1.57 bits per heavy atom. The number of Topliss-reactive ketones (excluding diaryl/α,β-unsaturated/α-hetero) is 1. The van der Waals surface area contributed by atoms with Crippen molar-refractivity contribution in [1.82, 2.24) is 10.2 Å². The number of benzene rings is 2. The molecule has 0 saturated carbocycles. The molecule has 2 aromatic rings. The highest BCUT2D eigenvalue weighted by Gasteiger charge is 2.27. The maximum atomic E-state index is 12.5. The van der Waals surface area contributed by atoms with Crippen LogP contribution in [0.15, 0.2) is 59.1 Å². The number of piperidine rings is 1. The minimum atomic E-state index is -0.188. The summed E-state index contributed by atoms with van der Waals surface area (Å²) in [6.45, 7) is 1.47. The van der Waals surface area contributed by atoms with Crippen LogP contribution < -0.4 is 5.32 Å². The van der Waals surface area contributed by atoms with Crippen molar-refractivity contribution in [2.45, 2.75) is 19.3 Å². The van der Waals surface area contributed by atoms with Gasteiger partial charge in [-0.2, -0.15) is 0 Å². The van der Waals surface area contributed by atoms with E-state index in [2.05, 4.69) is 21.2 Å². The first-order valence-electron chi connectivity index (χ1n) is 9.45. The van der Waals surface area contributed by atoms with Crippen LogP contribution >= 0.6 is 15.9 Å². The number of carbonyl (C=O) groups is 3. The molecule has 5 nitrogen and oxygen atoms in total. The number of rotatable bonds is 6. The van der Waals surface area contributed by atoms with Gasteiger partial charge in [0.25, 0.3) is 5.91 Å². The Bertz CT molecular complexity index is 829. The molecule has 146 valence electrons. The SMILES string of the molecule is O=C(NCCC(=O)N1CCC(C(=O)c2ccccc2)CC1)c1ccc(Br)cc1. The third-order valence-electron chi connectivity index (χ3n) is 5.01. The van der Waals surface area contributed by atoms with E-state index in [-0.39, 0.29) is 29.9 Å². The van der Waals surface area contributed by atoms with Crippen LogP contribution in [0.3, 0.4) is 0 Å². The van der Waals surface area contributed by atoms with E-state index < -0.39 is 0 Å². The van der Waals surface area contributed by atoms with Crippen LogP contribution in [-0.2, 0) is 4.79 Å².